The Morgan fingerprint density at radius 1 is 1.40 bits per heavy atom. The molecule has 1 aromatic carbocycles. The largest absolute Gasteiger partial charge is 0.493 e. The van der Waals surface area contributed by atoms with Crippen LogP contribution < -0.4 is 10.2 Å². The number of pyridine rings is 1. The van der Waals surface area contributed by atoms with E-state index in [4.69, 9.17) is 4.74 Å². The maximum atomic E-state index is 12.2. The van der Waals surface area contributed by atoms with Gasteiger partial charge in [0.1, 0.15) is 5.75 Å². The van der Waals surface area contributed by atoms with E-state index in [0.717, 1.165) is 9.20 Å². The van der Waals surface area contributed by atoms with Crippen LogP contribution >= 0.6 is 15.9 Å². The van der Waals surface area contributed by atoms with Crippen LogP contribution in [-0.4, -0.2) is 22.5 Å². The summed E-state index contributed by atoms with van der Waals surface area (Å²) in [5.41, 5.74) is 0.491. The highest BCUT2D eigenvalue weighted by atomic mass is 79.9. The Morgan fingerprint density at radius 3 is 2.90 bits per heavy atom. The van der Waals surface area contributed by atoms with Gasteiger partial charge in [-0.05, 0) is 37.3 Å². The summed E-state index contributed by atoms with van der Waals surface area (Å²) in [6.45, 7) is 2.29. The minimum absolute atomic E-state index is 0.153. The first-order valence-electron chi connectivity index (χ1n) is 6.00. The monoisotopic (exact) mass is 336 g/mol. The lowest BCUT2D eigenvalue weighted by molar-refractivity contribution is 0.0984. The van der Waals surface area contributed by atoms with E-state index < -0.39 is 5.91 Å². The zero-order valence-electron chi connectivity index (χ0n) is 10.8. The highest BCUT2D eigenvalue weighted by Gasteiger charge is 2.12. The Labute approximate surface area is 124 Å². The average molecular weight is 337 g/mol. The molecule has 2 aromatic rings. The van der Waals surface area contributed by atoms with Gasteiger partial charge in [0.05, 0.1) is 12.2 Å². The molecule has 1 aromatic heterocycles. The minimum atomic E-state index is -0.483. The van der Waals surface area contributed by atoms with Crippen molar-refractivity contribution in [1.82, 2.24) is 4.73 Å². The maximum Gasteiger partial charge on any atom is 0.282 e. The van der Waals surface area contributed by atoms with Crippen molar-refractivity contribution in [2.45, 2.75) is 6.92 Å². The van der Waals surface area contributed by atoms with Crippen LogP contribution in [0.3, 0.4) is 0 Å². The van der Waals surface area contributed by atoms with Crippen LogP contribution in [0.25, 0.3) is 0 Å². The molecule has 0 saturated heterocycles. The molecule has 0 aliphatic heterocycles. The molecule has 2 rings (SSSR count). The zero-order valence-corrected chi connectivity index (χ0v) is 12.4. The molecule has 1 N–H and O–H groups in total. The fourth-order valence-electron chi connectivity index (χ4n) is 1.63. The highest BCUT2D eigenvalue weighted by molar-refractivity contribution is 9.10. The summed E-state index contributed by atoms with van der Waals surface area (Å²) in [6.07, 6.45) is 1.40. The van der Waals surface area contributed by atoms with Crippen molar-refractivity contribution in [1.29, 1.82) is 0 Å². The smallest absolute Gasteiger partial charge is 0.282 e. The van der Waals surface area contributed by atoms with Crippen molar-refractivity contribution in [3.63, 3.8) is 0 Å². The first kappa shape index (κ1) is 14.3. The Morgan fingerprint density at radius 2 is 2.20 bits per heavy atom. The van der Waals surface area contributed by atoms with Crippen molar-refractivity contribution in [2.75, 3.05) is 6.61 Å². The van der Waals surface area contributed by atoms with E-state index in [-0.39, 0.29) is 5.49 Å². The number of carbonyl (C=O) groups is 1. The molecule has 20 heavy (non-hydrogen) atoms. The number of aromatic nitrogens is 1. The van der Waals surface area contributed by atoms with Crippen molar-refractivity contribution in [2.24, 2.45) is 4.99 Å². The summed E-state index contributed by atoms with van der Waals surface area (Å²) in [7, 11) is 0. The van der Waals surface area contributed by atoms with Crippen LogP contribution in [0.1, 0.15) is 17.3 Å². The number of nitrogens with zero attached hydrogens (tertiary/aromatic N) is 2. The molecule has 1 amide bonds. The molecule has 0 saturated carbocycles. The number of carbonyl (C=O) groups excluding carboxylic acids is 1. The Hall–Kier alpha value is -2.08. The molecule has 0 aliphatic rings. The normalized spacial score (nSPS) is 11.4. The first-order chi connectivity index (χ1) is 9.61. The van der Waals surface area contributed by atoms with Gasteiger partial charge in [-0.15, -0.1) is 0 Å². The average Bonchev–Trinajstić information content (AvgIpc) is 2.43. The van der Waals surface area contributed by atoms with Gasteiger partial charge in [-0.25, -0.2) is 0 Å². The molecule has 6 heteroatoms. The van der Waals surface area contributed by atoms with Gasteiger partial charge in [-0.3, -0.25) is 4.79 Å². The number of benzene rings is 1. The molecule has 0 unspecified atom stereocenters. The summed E-state index contributed by atoms with van der Waals surface area (Å²) in [5.74, 6) is -0.0198. The lowest BCUT2D eigenvalue weighted by Crippen LogP contribution is -2.19. The number of rotatable bonds is 3. The molecular weight excluding hydrogens is 324 g/mol. The van der Waals surface area contributed by atoms with Gasteiger partial charge in [0, 0.05) is 10.7 Å². The Balaban J connectivity index is 2.46. The second kappa shape index (κ2) is 6.38. The van der Waals surface area contributed by atoms with Crippen LogP contribution in [-0.2, 0) is 0 Å². The molecule has 0 fully saturated rings. The Bertz CT molecular complexity index is 695. The van der Waals surface area contributed by atoms with Crippen LogP contribution in [0.15, 0.2) is 52.1 Å². The fraction of sp³-hybridized carbons (Fsp3) is 0.143. The highest BCUT2D eigenvalue weighted by Crippen LogP contribution is 2.23. The second-order valence-electron chi connectivity index (χ2n) is 3.89. The van der Waals surface area contributed by atoms with E-state index in [1.54, 1.807) is 30.3 Å². The topological polar surface area (TPSA) is 63.8 Å². The van der Waals surface area contributed by atoms with Crippen LogP contribution in [0, 0.1) is 0 Å². The van der Waals surface area contributed by atoms with Crippen LogP contribution in [0.4, 0.5) is 0 Å². The summed E-state index contributed by atoms with van der Waals surface area (Å²) in [6, 6.07) is 9.99. The number of ether oxygens (including phenoxy) is 1. The van der Waals surface area contributed by atoms with E-state index in [0.29, 0.717) is 17.9 Å². The second-order valence-corrected chi connectivity index (χ2v) is 4.81. The Kier molecular flexibility index (Phi) is 4.57. The van der Waals surface area contributed by atoms with E-state index >= 15 is 0 Å². The molecule has 0 atom stereocenters. The summed E-state index contributed by atoms with van der Waals surface area (Å²) < 4.78 is 6.95. The predicted octanol–water partition coefficient (Wildman–Crippen LogP) is 2.63. The SMILES string of the molecule is CCOc1ccc(Br)cc1C(=O)N=c1ccccn1O. The van der Waals surface area contributed by atoms with Crippen molar-refractivity contribution in [3.05, 3.63) is 58.1 Å². The van der Waals surface area contributed by atoms with E-state index in [2.05, 4.69) is 20.9 Å². The van der Waals surface area contributed by atoms with Crippen LogP contribution in [0.2, 0.25) is 0 Å². The number of hydrogen-bond donors (Lipinski definition) is 1. The first-order valence-corrected chi connectivity index (χ1v) is 6.79. The standard InChI is InChI=1S/C14H13BrN2O3/c1-2-20-12-7-6-10(15)9-11(12)14(18)16-13-5-3-4-8-17(13)19/h3-9,19H,2H2,1H3. The molecule has 0 spiro atoms. The molecule has 5 nitrogen and oxygen atoms in total. The predicted molar refractivity (Wildman–Crippen MR) is 76.8 cm³/mol. The summed E-state index contributed by atoms with van der Waals surface area (Å²) in [5, 5.41) is 9.56. The van der Waals surface area contributed by atoms with Crippen molar-refractivity contribution >= 4 is 21.8 Å². The van der Waals surface area contributed by atoms with Gasteiger partial charge in [0.15, 0.2) is 5.49 Å². The maximum absolute atomic E-state index is 12.2. The van der Waals surface area contributed by atoms with E-state index in [1.165, 1.54) is 12.3 Å². The lowest BCUT2D eigenvalue weighted by Gasteiger charge is -2.07. The minimum Gasteiger partial charge on any atom is -0.493 e. The number of amides is 1. The van der Waals surface area contributed by atoms with Gasteiger partial charge in [0.2, 0.25) is 0 Å². The van der Waals surface area contributed by atoms with Gasteiger partial charge in [0.25, 0.3) is 5.91 Å². The zero-order chi connectivity index (χ0) is 14.5. The fourth-order valence-corrected chi connectivity index (χ4v) is 1.99. The van der Waals surface area contributed by atoms with Crippen LogP contribution in [0.5, 0.6) is 5.75 Å². The van der Waals surface area contributed by atoms with Crippen molar-refractivity contribution < 1.29 is 14.7 Å². The molecule has 104 valence electrons. The molecular formula is C14H13BrN2O3. The van der Waals surface area contributed by atoms with E-state index in [9.17, 15) is 10.0 Å². The van der Waals surface area contributed by atoms with Crippen molar-refractivity contribution in [3.8, 4) is 5.75 Å². The number of halogens is 1. The lowest BCUT2D eigenvalue weighted by atomic mass is 10.2. The molecule has 0 aliphatic carbocycles. The third-order valence-corrected chi connectivity index (χ3v) is 3.00. The van der Waals surface area contributed by atoms with E-state index in [1.807, 2.05) is 6.92 Å². The molecule has 1 heterocycles. The summed E-state index contributed by atoms with van der Waals surface area (Å²) in [4.78, 5) is 16.1. The summed E-state index contributed by atoms with van der Waals surface area (Å²) >= 11 is 3.31. The van der Waals surface area contributed by atoms with Gasteiger partial charge in [-0.2, -0.15) is 9.72 Å². The molecule has 0 bridgehead atoms. The molecule has 0 radical (unpaired) electrons. The van der Waals surface area contributed by atoms with Gasteiger partial charge >= 0.3 is 0 Å². The third-order valence-electron chi connectivity index (χ3n) is 2.51. The third kappa shape index (κ3) is 3.27. The quantitative estimate of drug-likeness (QED) is 0.876. The van der Waals surface area contributed by atoms with Gasteiger partial charge in [-0.1, -0.05) is 22.0 Å². The number of hydrogen-bond acceptors (Lipinski definition) is 3. The van der Waals surface area contributed by atoms with Gasteiger partial charge < -0.3 is 9.94 Å².